The minimum atomic E-state index is -0.921. The molecule has 1 aromatic carbocycles. The molecule has 0 amide bonds. The molecule has 0 bridgehead atoms. The number of carboxylic acids is 1. The van der Waals surface area contributed by atoms with E-state index in [0.29, 0.717) is 10.6 Å². The third kappa shape index (κ3) is 4.75. The van der Waals surface area contributed by atoms with Crippen LogP contribution in [0.15, 0.2) is 18.2 Å². The van der Waals surface area contributed by atoms with Crippen LogP contribution in [0, 0.1) is 0 Å². The summed E-state index contributed by atoms with van der Waals surface area (Å²) >= 11 is 5.89. The van der Waals surface area contributed by atoms with Gasteiger partial charge in [-0.25, -0.2) is 4.79 Å². The summed E-state index contributed by atoms with van der Waals surface area (Å²) in [6.45, 7) is 6.05. The number of hydrogen-bond donors (Lipinski definition) is 1. The number of benzene rings is 1. The van der Waals surface area contributed by atoms with Crippen LogP contribution in [0.3, 0.4) is 0 Å². The van der Waals surface area contributed by atoms with Crippen molar-refractivity contribution in [1.29, 1.82) is 0 Å². The van der Waals surface area contributed by atoms with E-state index in [9.17, 15) is 9.90 Å². The third-order valence-corrected chi connectivity index (χ3v) is 3.33. The molecule has 0 atom stereocenters. The molecular formula is C15H22ClNO2. The second-order valence-electron chi connectivity index (χ2n) is 4.66. The van der Waals surface area contributed by atoms with Crippen LogP contribution < -0.4 is 4.90 Å². The average molecular weight is 284 g/mol. The summed E-state index contributed by atoms with van der Waals surface area (Å²) in [4.78, 5) is 13.5. The number of carbonyl (C=O) groups is 1. The Morgan fingerprint density at radius 3 is 2.26 bits per heavy atom. The van der Waals surface area contributed by atoms with Gasteiger partial charge in [-0.1, -0.05) is 38.3 Å². The van der Waals surface area contributed by atoms with E-state index in [1.165, 1.54) is 6.07 Å². The van der Waals surface area contributed by atoms with Gasteiger partial charge >= 0.3 is 5.97 Å². The van der Waals surface area contributed by atoms with E-state index in [2.05, 4.69) is 18.7 Å². The Balaban J connectivity index is 3.02. The van der Waals surface area contributed by atoms with Gasteiger partial charge < -0.3 is 10.0 Å². The molecule has 0 saturated heterocycles. The first kappa shape index (κ1) is 15.8. The van der Waals surface area contributed by atoms with E-state index >= 15 is 0 Å². The Kier molecular flexibility index (Phi) is 6.71. The molecular weight excluding hydrogens is 262 g/mol. The molecule has 0 aromatic heterocycles. The quantitative estimate of drug-likeness (QED) is 0.766. The first-order valence-electron chi connectivity index (χ1n) is 6.88. The molecule has 0 unspecified atom stereocenters. The Hall–Kier alpha value is -1.22. The minimum Gasteiger partial charge on any atom is -0.478 e. The summed E-state index contributed by atoms with van der Waals surface area (Å²) < 4.78 is 0. The molecule has 0 aliphatic rings. The van der Waals surface area contributed by atoms with Gasteiger partial charge in [-0.2, -0.15) is 0 Å². The largest absolute Gasteiger partial charge is 0.478 e. The van der Waals surface area contributed by atoms with Gasteiger partial charge in [0.15, 0.2) is 0 Å². The van der Waals surface area contributed by atoms with Crippen molar-refractivity contribution in [3.05, 3.63) is 28.8 Å². The van der Waals surface area contributed by atoms with Crippen LogP contribution >= 0.6 is 11.6 Å². The van der Waals surface area contributed by atoms with Crippen LogP contribution in [0.5, 0.6) is 0 Å². The summed E-state index contributed by atoms with van der Waals surface area (Å²) in [5.41, 5.74) is 1.07. The van der Waals surface area contributed by atoms with Crippen molar-refractivity contribution in [2.24, 2.45) is 0 Å². The van der Waals surface area contributed by atoms with E-state index in [1.807, 2.05) is 6.07 Å². The van der Waals surface area contributed by atoms with Crippen molar-refractivity contribution in [2.45, 2.75) is 39.5 Å². The zero-order valence-corrected chi connectivity index (χ0v) is 12.4. The van der Waals surface area contributed by atoms with Gasteiger partial charge in [-0.3, -0.25) is 0 Å². The molecule has 3 nitrogen and oxygen atoms in total. The smallest absolute Gasteiger partial charge is 0.337 e. The second kappa shape index (κ2) is 8.05. The maximum absolute atomic E-state index is 11.3. The molecule has 19 heavy (non-hydrogen) atoms. The number of carboxylic acid groups (broad SMARTS) is 1. The van der Waals surface area contributed by atoms with Crippen LogP contribution in [0.4, 0.5) is 5.69 Å². The topological polar surface area (TPSA) is 40.5 Å². The van der Waals surface area contributed by atoms with Gasteiger partial charge in [0, 0.05) is 18.1 Å². The highest BCUT2D eigenvalue weighted by Crippen LogP contribution is 2.25. The molecule has 1 N–H and O–H groups in total. The molecule has 0 heterocycles. The van der Waals surface area contributed by atoms with Crippen molar-refractivity contribution in [3.8, 4) is 0 Å². The lowest BCUT2D eigenvalue weighted by molar-refractivity contribution is 0.0697. The van der Waals surface area contributed by atoms with Gasteiger partial charge in [0.2, 0.25) is 0 Å². The summed E-state index contributed by atoms with van der Waals surface area (Å²) in [6.07, 6.45) is 4.31. The fourth-order valence-corrected chi connectivity index (χ4v) is 2.18. The lowest BCUT2D eigenvalue weighted by atomic mass is 10.1. The van der Waals surface area contributed by atoms with Crippen LogP contribution in [-0.2, 0) is 0 Å². The van der Waals surface area contributed by atoms with E-state index in [1.54, 1.807) is 6.07 Å². The monoisotopic (exact) mass is 283 g/mol. The van der Waals surface area contributed by atoms with Gasteiger partial charge in [0.05, 0.1) is 11.3 Å². The second-order valence-corrected chi connectivity index (χ2v) is 5.10. The lowest BCUT2D eigenvalue weighted by Gasteiger charge is -2.26. The van der Waals surface area contributed by atoms with Gasteiger partial charge in [0.1, 0.15) is 0 Å². The van der Waals surface area contributed by atoms with Crippen LogP contribution in [-0.4, -0.2) is 24.2 Å². The van der Waals surface area contributed by atoms with Crippen molar-refractivity contribution in [2.75, 3.05) is 18.0 Å². The average Bonchev–Trinajstić information content (AvgIpc) is 2.39. The van der Waals surface area contributed by atoms with Gasteiger partial charge in [0.25, 0.3) is 0 Å². The molecule has 0 spiro atoms. The molecule has 0 aliphatic heterocycles. The van der Waals surface area contributed by atoms with E-state index in [4.69, 9.17) is 11.6 Å². The maximum atomic E-state index is 11.3. The standard InChI is InChI=1S/C15H22ClNO2/c1-3-5-9-17(10-6-4-2)14-8-7-12(16)11-13(14)15(18)19/h7-8,11H,3-6,9-10H2,1-2H3,(H,18,19). The number of unbranched alkanes of at least 4 members (excludes halogenated alkanes) is 2. The van der Waals surface area contributed by atoms with Crippen molar-refractivity contribution < 1.29 is 9.90 Å². The fraction of sp³-hybridized carbons (Fsp3) is 0.533. The normalized spacial score (nSPS) is 10.5. The lowest BCUT2D eigenvalue weighted by Crippen LogP contribution is -2.27. The highest BCUT2D eigenvalue weighted by Gasteiger charge is 2.16. The number of nitrogens with zero attached hydrogens (tertiary/aromatic N) is 1. The molecule has 0 radical (unpaired) electrons. The van der Waals surface area contributed by atoms with Crippen molar-refractivity contribution in [3.63, 3.8) is 0 Å². The summed E-state index contributed by atoms with van der Waals surface area (Å²) in [5, 5.41) is 9.77. The zero-order chi connectivity index (χ0) is 14.3. The molecule has 4 heteroatoms. The third-order valence-electron chi connectivity index (χ3n) is 3.09. The van der Waals surface area contributed by atoms with Crippen LogP contribution in [0.25, 0.3) is 0 Å². The molecule has 1 rings (SSSR count). The summed E-state index contributed by atoms with van der Waals surface area (Å²) in [6, 6.07) is 5.11. The fourth-order valence-electron chi connectivity index (χ4n) is 2.01. The molecule has 0 aliphatic carbocycles. The molecule has 1 aromatic rings. The Morgan fingerprint density at radius 2 is 1.79 bits per heavy atom. The highest BCUT2D eigenvalue weighted by atomic mass is 35.5. The number of anilines is 1. The summed E-state index contributed by atoms with van der Waals surface area (Å²) in [7, 11) is 0. The number of halogens is 1. The Morgan fingerprint density at radius 1 is 1.21 bits per heavy atom. The van der Waals surface area contributed by atoms with Crippen LogP contribution in [0.2, 0.25) is 5.02 Å². The zero-order valence-electron chi connectivity index (χ0n) is 11.7. The maximum Gasteiger partial charge on any atom is 0.337 e. The van der Waals surface area contributed by atoms with Crippen molar-refractivity contribution >= 4 is 23.3 Å². The molecule has 106 valence electrons. The molecule has 0 fully saturated rings. The van der Waals surface area contributed by atoms with Crippen LogP contribution in [0.1, 0.15) is 49.9 Å². The summed E-state index contributed by atoms with van der Waals surface area (Å²) in [5.74, 6) is -0.921. The minimum absolute atomic E-state index is 0.291. The number of rotatable bonds is 8. The van der Waals surface area contributed by atoms with E-state index < -0.39 is 5.97 Å². The van der Waals surface area contributed by atoms with E-state index in [0.717, 1.165) is 44.5 Å². The van der Waals surface area contributed by atoms with Gasteiger partial charge in [-0.15, -0.1) is 0 Å². The molecule has 0 saturated carbocycles. The predicted molar refractivity (Wildman–Crippen MR) is 80.4 cm³/mol. The Bertz CT molecular complexity index is 413. The highest BCUT2D eigenvalue weighted by molar-refractivity contribution is 6.31. The number of hydrogen-bond acceptors (Lipinski definition) is 2. The SMILES string of the molecule is CCCCN(CCCC)c1ccc(Cl)cc1C(=O)O. The number of aromatic carboxylic acids is 1. The van der Waals surface area contributed by atoms with Gasteiger partial charge in [-0.05, 0) is 31.0 Å². The predicted octanol–water partition coefficient (Wildman–Crippen LogP) is 4.44. The van der Waals surface area contributed by atoms with E-state index in [-0.39, 0.29) is 0 Å². The first-order chi connectivity index (χ1) is 9.10. The first-order valence-corrected chi connectivity index (χ1v) is 7.25. The van der Waals surface area contributed by atoms with Crippen molar-refractivity contribution in [1.82, 2.24) is 0 Å². The Labute approximate surface area is 120 Å².